The summed E-state index contributed by atoms with van der Waals surface area (Å²) in [4.78, 5) is 39.5. The molecule has 1 fully saturated rings. The number of nitrogens with zero attached hydrogens (tertiary/aromatic N) is 2. The minimum atomic E-state index is -0.831. The molecule has 2 aromatic rings. The molecule has 1 aliphatic rings. The smallest absolute Gasteiger partial charge is 0.295 e. The number of anilines is 2. The summed E-state index contributed by atoms with van der Waals surface area (Å²) in [5.41, 5.74) is 7.58. The number of imide groups is 1. The van der Waals surface area contributed by atoms with Gasteiger partial charge in [0, 0.05) is 5.69 Å². The van der Waals surface area contributed by atoms with Crippen molar-refractivity contribution in [2.24, 2.45) is 5.73 Å². The van der Waals surface area contributed by atoms with Gasteiger partial charge in [0.1, 0.15) is 0 Å². The van der Waals surface area contributed by atoms with Gasteiger partial charge in [-0.3, -0.25) is 14.4 Å². The lowest BCUT2D eigenvalue weighted by atomic mass is 10.2. The van der Waals surface area contributed by atoms with Crippen molar-refractivity contribution >= 4 is 40.2 Å². The van der Waals surface area contributed by atoms with Gasteiger partial charge >= 0.3 is 0 Å². The molecule has 3 rings (SSSR count). The van der Waals surface area contributed by atoms with Crippen LogP contribution < -0.4 is 15.5 Å². The Kier molecular flexibility index (Phi) is 4.76. The molecule has 3 amide bonds. The van der Waals surface area contributed by atoms with Gasteiger partial charge in [-0.1, -0.05) is 35.9 Å². The van der Waals surface area contributed by atoms with Crippen molar-refractivity contribution in [2.45, 2.75) is 12.3 Å². The second-order valence-corrected chi connectivity index (χ2v) is 6.71. The Labute approximate surface area is 149 Å². The summed E-state index contributed by atoms with van der Waals surface area (Å²) in [7, 11) is 0. The first kappa shape index (κ1) is 17.0. The van der Waals surface area contributed by atoms with E-state index in [1.165, 1.54) is 0 Å². The zero-order valence-electron chi connectivity index (χ0n) is 13.6. The Balaban J connectivity index is 1.94. The molecule has 1 atom stereocenters. The molecule has 0 radical (unpaired) electrons. The molecule has 0 aliphatic carbocycles. The molecule has 2 aromatic carbocycles. The molecule has 1 aliphatic heterocycles. The second-order valence-electron chi connectivity index (χ2n) is 5.68. The SMILES string of the molecule is Cc1ccc(N(CC(N)=O)C2SC(=O)N(c3ccccc3)C2=O)cc1. The van der Waals surface area contributed by atoms with Crippen LogP contribution in [0.2, 0.25) is 0 Å². The van der Waals surface area contributed by atoms with E-state index < -0.39 is 11.3 Å². The van der Waals surface area contributed by atoms with E-state index in [1.807, 2.05) is 37.3 Å². The highest BCUT2D eigenvalue weighted by atomic mass is 32.2. The van der Waals surface area contributed by atoms with Crippen LogP contribution in [0.25, 0.3) is 0 Å². The van der Waals surface area contributed by atoms with Crippen molar-refractivity contribution in [2.75, 3.05) is 16.3 Å². The summed E-state index contributed by atoms with van der Waals surface area (Å²) in [6, 6.07) is 16.1. The number of nitrogens with two attached hydrogens (primary N) is 1. The first-order valence-electron chi connectivity index (χ1n) is 7.68. The number of benzene rings is 2. The van der Waals surface area contributed by atoms with E-state index in [1.54, 1.807) is 29.2 Å². The lowest BCUT2D eigenvalue weighted by molar-refractivity contribution is -0.117. The maximum atomic E-state index is 12.9. The summed E-state index contributed by atoms with van der Waals surface area (Å²) in [5.74, 6) is -0.956. The van der Waals surface area contributed by atoms with E-state index in [-0.39, 0.29) is 17.7 Å². The average Bonchev–Trinajstić information content (AvgIpc) is 2.88. The zero-order chi connectivity index (χ0) is 18.0. The highest BCUT2D eigenvalue weighted by molar-refractivity contribution is 8.16. The second kappa shape index (κ2) is 6.98. The number of amides is 3. The van der Waals surface area contributed by atoms with Gasteiger partial charge in [-0.15, -0.1) is 0 Å². The van der Waals surface area contributed by atoms with E-state index in [9.17, 15) is 14.4 Å². The fourth-order valence-corrected chi connectivity index (χ4v) is 3.64. The molecule has 7 heteroatoms. The van der Waals surface area contributed by atoms with Crippen molar-refractivity contribution in [3.8, 4) is 0 Å². The van der Waals surface area contributed by atoms with Crippen molar-refractivity contribution in [3.63, 3.8) is 0 Å². The van der Waals surface area contributed by atoms with Crippen LogP contribution in [-0.4, -0.2) is 29.0 Å². The number of hydrogen-bond donors (Lipinski definition) is 1. The molecule has 128 valence electrons. The van der Waals surface area contributed by atoms with Gasteiger partial charge in [0.2, 0.25) is 5.91 Å². The number of primary amides is 1. The number of carbonyl (C=O) groups excluding carboxylic acids is 3. The summed E-state index contributed by atoms with van der Waals surface area (Å²) >= 11 is 0.881. The van der Waals surface area contributed by atoms with Crippen LogP contribution in [0, 0.1) is 6.92 Å². The Morgan fingerprint density at radius 3 is 2.36 bits per heavy atom. The van der Waals surface area contributed by atoms with E-state index >= 15 is 0 Å². The molecule has 1 saturated heterocycles. The van der Waals surface area contributed by atoms with Gasteiger partial charge in [-0.2, -0.15) is 0 Å². The molecule has 1 unspecified atom stereocenters. The third kappa shape index (κ3) is 3.51. The maximum Gasteiger partial charge on any atom is 0.295 e. The molecular weight excluding hydrogens is 338 g/mol. The molecule has 25 heavy (non-hydrogen) atoms. The van der Waals surface area contributed by atoms with Crippen LogP contribution in [0.5, 0.6) is 0 Å². The molecule has 0 aromatic heterocycles. The normalized spacial score (nSPS) is 17.0. The van der Waals surface area contributed by atoms with Crippen LogP contribution >= 0.6 is 11.8 Å². The predicted molar refractivity (Wildman–Crippen MR) is 98.4 cm³/mol. The van der Waals surface area contributed by atoms with Crippen molar-refractivity contribution in [1.82, 2.24) is 0 Å². The van der Waals surface area contributed by atoms with E-state index in [0.717, 1.165) is 22.2 Å². The lowest BCUT2D eigenvalue weighted by Crippen LogP contribution is -2.45. The highest BCUT2D eigenvalue weighted by Crippen LogP contribution is 2.35. The average molecular weight is 355 g/mol. The molecular formula is C18H17N3O3S. The van der Waals surface area contributed by atoms with Gasteiger partial charge in [-0.05, 0) is 43.0 Å². The monoisotopic (exact) mass is 355 g/mol. The minimum absolute atomic E-state index is 0.150. The topological polar surface area (TPSA) is 83.7 Å². The van der Waals surface area contributed by atoms with Gasteiger partial charge in [0.05, 0.1) is 12.2 Å². The molecule has 1 heterocycles. The summed E-state index contributed by atoms with van der Waals surface area (Å²) < 4.78 is 0. The Bertz CT molecular complexity index is 808. The Morgan fingerprint density at radius 1 is 1.12 bits per heavy atom. The summed E-state index contributed by atoms with van der Waals surface area (Å²) in [6.45, 7) is 1.79. The van der Waals surface area contributed by atoms with Crippen molar-refractivity contribution < 1.29 is 14.4 Å². The number of rotatable bonds is 5. The Morgan fingerprint density at radius 2 is 1.76 bits per heavy atom. The molecule has 6 nitrogen and oxygen atoms in total. The lowest BCUT2D eigenvalue weighted by Gasteiger charge is -2.27. The number of aryl methyl sites for hydroxylation is 1. The van der Waals surface area contributed by atoms with Crippen LogP contribution in [0.1, 0.15) is 5.56 Å². The van der Waals surface area contributed by atoms with E-state index in [4.69, 9.17) is 5.73 Å². The van der Waals surface area contributed by atoms with Crippen LogP contribution in [0.4, 0.5) is 16.2 Å². The maximum absolute atomic E-state index is 12.9. The van der Waals surface area contributed by atoms with Gasteiger partial charge in [0.25, 0.3) is 11.1 Å². The van der Waals surface area contributed by atoms with Crippen molar-refractivity contribution in [3.05, 3.63) is 60.2 Å². The first-order chi connectivity index (χ1) is 12.0. The third-order valence-electron chi connectivity index (χ3n) is 3.82. The largest absolute Gasteiger partial charge is 0.368 e. The number of thioether (sulfide) groups is 1. The van der Waals surface area contributed by atoms with E-state index in [2.05, 4.69) is 0 Å². The Hall–Kier alpha value is -2.80. The first-order valence-corrected chi connectivity index (χ1v) is 8.56. The summed E-state index contributed by atoms with van der Waals surface area (Å²) in [6.07, 6.45) is 0. The highest BCUT2D eigenvalue weighted by Gasteiger charge is 2.44. The predicted octanol–water partition coefficient (Wildman–Crippen LogP) is 2.51. The van der Waals surface area contributed by atoms with Crippen LogP contribution in [0.15, 0.2) is 54.6 Å². The standard InChI is InChI=1S/C18H17N3O3S/c1-12-7-9-13(10-8-12)20(11-15(19)22)17-16(23)21(18(24)25-17)14-5-3-2-4-6-14/h2-10,17H,11H2,1H3,(H2,19,22). The molecule has 0 bridgehead atoms. The zero-order valence-corrected chi connectivity index (χ0v) is 14.4. The van der Waals surface area contributed by atoms with E-state index in [0.29, 0.717) is 11.4 Å². The number of hydrogen-bond acceptors (Lipinski definition) is 5. The van der Waals surface area contributed by atoms with Crippen molar-refractivity contribution in [1.29, 1.82) is 0 Å². The minimum Gasteiger partial charge on any atom is -0.368 e. The third-order valence-corrected chi connectivity index (χ3v) is 4.88. The summed E-state index contributed by atoms with van der Waals surface area (Å²) in [5, 5.41) is -1.20. The van der Waals surface area contributed by atoms with Gasteiger partial charge in [0.15, 0.2) is 5.37 Å². The number of para-hydroxylation sites is 1. The number of carbonyl (C=O) groups is 3. The van der Waals surface area contributed by atoms with Gasteiger partial charge < -0.3 is 10.6 Å². The van der Waals surface area contributed by atoms with Crippen LogP contribution in [0.3, 0.4) is 0 Å². The fourth-order valence-electron chi connectivity index (χ4n) is 2.62. The quantitative estimate of drug-likeness (QED) is 0.891. The fraction of sp³-hybridized carbons (Fsp3) is 0.167. The molecule has 0 spiro atoms. The van der Waals surface area contributed by atoms with Crippen LogP contribution in [-0.2, 0) is 9.59 Å². The molecule has 0 saturated carbocycles. The molecule has 2 N–H and O–H groups in total. The van der Waals surface area contributed by atoms with Gasteiger partial charge in [-0.25, -0.2) is 4.90 Å².